The molecule has 2 atom stereocenters. The Bertz CT molecular complexity index is 932. The quantitative estimate of drug-likeness (QED) is 0.526. The largest absolute Gasteiger partial charge is 0.417 e. The van der Waals surface area contributed by atoms with Crippen LogP contribution in [0.3, 0.4) is 0 Å². The smallest absolute Gasteiger partial charge is 0.366 e. The number of carbonyl (C=O) groups excluding carboxylic acids is 2. The highest BCUT2D eigenvalue weighted by Gasteiger charge is 2.54. The van der Waals surface area contributed by atoms with Gasteiger partial charge in [-0.1, -0.05) is 0 Å². The fourth-order valence-electron chi connectivity index (χ4n) is 4.88. The van der Waals surface area contributed by atoms with Crippen LogP contribution in [0.5, 0.6) is 0 Å². The molecule has 1 N–H and O–H groups in total. The van der Waals surface area contributed by atoms with Crippen molar-refractivity contribution in [2.75, 3.05) is 45.9 Å². The zero-order valence-corrected chi connectivity index (χ0v) is 17.8. The van der Waals surface area contributed by atoms with Gasteiger partial charge in [0, 0.05) is 49.6 Å². The molecule has 4 aliphatic heterocycles. The predicted octanol–water partition coefficient (Wildman–Crippen LogP) is 2.18. The lowest BCUT2D eigenvalue weighted by molar-refractivity contribution is -0.140. The van der Waals surface area contributed by atoms with Gasteiger partial charge >= 0.3 is 12.2 Å². The summed E-state index contributed by atoms with van der Waals surface area (Å²) in [5.41, 5.74) is -1.09. The van der Waals surface area contributed by atoms with Gasteiger partial charge in [0.2, 0.25) is 5.91 Å². The van der Waals surface area contributed by atoms with E-state index in [0.29, 0.717) is 51.8 Å². The van der Waals surface area contributed by atoms with E-state index in [-0.39, 0.29) is 41.0 Å². The minimum atomic E-state index is -4.62. The van der Waals surface area contributed by atoms with Crippen LogP contribution in [0.15, 0.2) is 23.1 Å². The average Bonchev–Trinajstić information content (AvgIpc) is 2.68. The molecule has 1 aromatic carbocycles. The summed E-state index contributed by atoms with van der Waals surface area (Å²) in [7, 11) is 0. The highest BCUT2D eigenvalue weighted by Crippen LogP contribution is 2.47. The Morgan fingerprint density at radius 2 is 1.94 bits per heavy atom. The number of morpholine rings is 1. The summed E-state index contributed by atoms with van der Waals surface area (Å²) in [4.78, 5) is 27.8. The Hall–Kier alpha value is -2.05. The third kappa shape index (κ3) is 4.03. The number of piperidine rings is 1. The topological polar surface area (TPSA) is 65.1 Å². The number of nitrogens with zero attached hydrogens (tertiary/aromatic N) is 3. The Balaban J connectivity index is 1.13. The Kier molecular flexibility index (Phi) is 5.29. The molecule has 0 saturated carbocycles. The number of hydrogen-bond donors (Lipinski definition) is 1. The number of carbonyl (C=O) groups is 2. The lowest BCUT2D eigenvalue weighted by Crippen LogP contribution is -2.73. The standard InChI is InChI=1S/C20H22F4N4O3S/c21-12-1-2-16(13(5-12)20(22,23)24)32-28-10-19(11-28)8-27(9-19)18(30)26-4-3-15-14(6-26)25-17(29)7-31-15/h1-2,5,14-15H,3-4,6-11H2,(H,25,29)/t14-,15+/m1/s1. The fraction of sp³-hybridized carbons (Fsp3) is 0.600. The van der Waals surface area contributed by atoms with Crippen molar-refractivity contribution in [3.8, 4) is 0 Å². The summed E-state index contributed by atoms with van der Waals surface area (Å²) in [6.07, 6.45) is -4.02. The van der Waals surface area contributed by atoms with Crippen molar-refractivity contribution in [3.63, 3.8) is 0 Å². The van der Waals surface area contributed by atoms with Gasteiger partial charge < -0.3 is 19.9 Å². The molecule has 7 nitrogen and oxygen atoms in total. The Morgan fingerprint density at radius 1 is 1.19 bits per heavy atom. The molecule has 4 saturated heterocycles. The number of halogens is 4. The van der Waals surface area contributed by atoms with Gasteiger partial charge in [-0.15, -0.1) is 0 Å². The van der Waals surface area contributed by atoms with Crippen molar-refractivity contribution in [3.05, 3.63) is 29.6 Å². The van der Waals surface area contributed by atoms with E-state index in [1.807, 2.05) is 4.31 Å². The van der Waals surface area contributed by atoms with Gasteiger partial charge in [0.1, 0.15) is 12.4 Å². The second kappa shape index (κ2) is 7.77. The summed E-state index contributed by atoms with van der Waals surface area (Å²) in [5, 5.41) is 2.87. The maximum Gasteiger partial charge on any atom is 0.417 e. The number of hydrogen-bond acceptors (Lipinski definition) is 5. The lowest BCUT2D eigenvalue weighted by atomic mass is 9.74. The predicted molar refractivity (Wildman–Crippen MR) is 106 cm³/mol. The van der Waals surface area contributed by atoms with Crippen molar-refractivity contribution < 1.29 is 31.9 Å². The van der Waals surface area contributed by atoms with E-state index in [1.165, 1.54) is 0 Å². The van der Waals surface area contributed by atoms with Crippen LogP contribution in [0.4, 0.5) is 22.4 Å². The van der Waals surface area contributed by atoms with Gasteiger partial charge in [-0.2, -0.15) is 13.2 Å². The minimum absolute atomic E-state index is 0.0272. The van der Waals surface area contributed by atoms with Crippen molar-refractivity contribution in [1.29, 1.82) is 0 Å². The third-order valence-electron chi connectivity index (χ3n) is 6.42. The minimum Gasteiger partial charge on any atom is -0.366 e. The van der Waals surface area contributed by atoms with E-state index in [0.717, 1.165) is 24.1 Å². The molecule has 4 heterocycles. The molecule has 4 fully saturated rings. The molecular formula is C20H22F4N4O3S. The van der Waals surface area contributed by atoms with Gasteiger partial charge in [0.15, 0.2) is 0 Å². The van der Waals surface area contributed by atoms with Crippen LogP contribution >= 0.6 is 11.9 Å². The van der Waals surface area contributed by atoms with Crippen LogP contribution in [0.1, 0.15) is 12.0 Å². The first-order valence-corrected chi connectivity index (χ1v) is 11.1. The molecule has 0 bridgehead atoms. The van der Waals surface area contributed by atoms with Gasteiger partial charge in [-0.3, -0.25) is 4.79 Å². The third-order valence-corrected chi connectivity index (χ3v) is 7.48. The van der Waals surface area contributed by atoms with Crippen LogP contribution in [0.25, 0.3) is 0 Å². The number of alkyl halides is 3. The van der Waals surface area contributed by atoms with E-state index >= 15 is 0 Å². The van der Waals surface area contributed by atoms with E-state index < -0.39 is 17.6 Å². The zero-order valence-electron chi connectivity index (χ0n) is 17.0. The van der Waals surface area contributed by atoms with Crippen LogP contribution < -0.4 is 5.32 Å². The molecule has 174 valence electrons. The zero-order chi connectivity index (χ0) is 22.7. The van der Waals surface area contributed by atoms with Crippen LogP contribution in [0.2, 0.25) is 0 Å². The molecule has 32 heavy (non-hydrogen) atoms. The molecule has 0 unspecified atom stereocenters. The number of benzene rings is 1. The summed E-state index contributed by atoms with van der Waals surface area (Å²) in [6, 6.07) is 2.42. The molecule has 1 aromatic rings. The molecule has 5 rings (SSSR count). The maximum atomic E-state index is 13.3. The van der Waals surface area contributed by atoms with E-state index in [9.17, 15) is 27.2 Å². The maximum absolute atomic E-state index is 13.3. The second-order valence-corrected chi connectivity index (χ2v) is 10.1. The first-order chi connectivity index (χ1) is 15.1. The Labute approximate surface area is 186 Å². The summed E-state index contributed by atoms with van der Waals surface area (Å²) in [6.45, 7) is 3.24. The summed E-state index contributed by atoms with van der Waals surface area (Å²) >= 11 is 0.973. The van der Waals surface area contributed by atoms with E-state index in [1.54, 1.807) is 9.80 Å². The molecule has 4 aliphatic rings. The summed E-state index contributed by atoms with van der Waals surface area (Å²) in [5.74, 6) is -1.09. The number of nitrogens with one attached hydrogen (secondary N) is 1. The number of urea groups is 1. The number of rotatable bonds is 2. The number of likely N-dealkylation sites (tertiary alicyclic amines) is 2. The molecule has 0 radical (unpaired) electrons. The lowest BCUT2D eigenvalue weighted by Gasteiger charge is -2.60. The van der Waals surface area contributed by atoms with E-state index in [4.69, 9.17) is 4.74 Å². The number of amides is 3. The van der Waals surface area contributed by atoms with Crippen molar-refractivity contribution >= 4 is 23.9 Å². The van der Waals surface area contributed by atoms with Gasteiger partial charge in [0.05, 0.1) is 17.7 Å². The van der Waals surface area contributed by atoms with Crippen molar-refractivity contribution in [2.45, 2.75) is 29.6 Å². The molecule has 3 amide bonds. The Morgan fingerprint density at radius 3 is 2.66 bits per heavy atom. The number of fused-ring (bicyclic) bond motifs is 1. The highest BCUT2D eigenvalue weighted by atomic mass is 32.2. The molecule has 12 heteroatoms. The highest BCUT2D eigenvalue weighted by molar-refractivity contribution is 7.97. The monoisotopic (exact) mass is 474 g/mol. The summed E-state index contributed by atoms with van der Waals surface area (Å²) < 4.78 is 60.2. The SMILES string of the molecule is O=C1CO[C@H]2CCN(C(=O)N3CC4(CN(Sc5ccc(F)cc5C(F)(F)F)C4)C3)C[C@H]2N1. The normalized spacial score (nSPS) is 27.4. The van der Waals surface area contributed by atoms with Gasteiger partial charge in [-0.05, 0) is 36.6 Å². The molecule has 0 aromatic heterocycles. The van der Waals surface area contributed by atoms with E-state index in [2.05, 4.69) is 5.32 Å². The van der Waals surface area contributed by atoms with Crippen LogP contribution in [-0.2, 0) is 15.7 Å². The van der Waals surface area contributed by atoms with Crippen molar-refractivity contribution in [1.82, 2.24) is 19.4 Å². The fourth-order valence-corrected chi connectivity index (χ4v) is 6.24. The number of ether oxygens (including phenoxy) is 1. The molecule has 1 spiro atoms. The second-order valence-electron chi connectivity index (χ2n) is 8.92. The average molecular weight is 474 g/mol. The molecular weight excluding hydrogens is 452 g/mol. The van der Waals surface area contributed by atoms with Crippen molar-refractivity contribution in [2.24, 2.45) is 5.41 Å². The molecule has 0 aliphatic carbocycles. The van der Waals surface area contributed by atoms with Crippen LogP contribution in [-0.4, -0.2) is 84.1 Å². The van der Waals surface area contributed by atoms with Gasteiger partial charge in [0.25, 0.3) is 0 Å². The first kappa shape index (κ1) is 21.8. The van der Waals surface area contributed by atoms with Crippen LogP contribution in [0, 0.1) is 11.2 Å². The first-order valence-electron chi connectivity index (χ1n) is 10.4. The van der Waals surface area contributed by atoms with Gasteiger partial charge in [-0.25, -0.2) is 13.5 Å².